The fourth-order valence-electron chi connectivity index (χ4n) is 1.49. The van der Waals surface area contributed by atoms with E-state index in [-0.39, 0.29) is 11.7 Å². The van der Waals surface area contributed by atoms with Crippen molar-refractivity contribution in [3.05, 3.63) is 0 Å². The van der Waals surface area contributed by atoms with Gasteiger partial charge in [-0.3, -0.25) is 4.79 Å². The number of nitrogens with zero attached hydrogens (tertiary/aromatic N) is 1. The molecule has 0 heterocycles. The van der Waals surface area contributed by atoms with Crippen LogP contribution in [0.25, 0.3) is 0 Å². The standard InChI is InChI=1S/C12H21NO/c1-3-5-6-7-9-12(14)11(10-13)8-4-2/h11H,3-9H2,1-2H3. The predicted octanol–water partition coefficient (Wildman–Crippen LogP) is 3.47. The second-order valence-electron chi connectivity index (χ2n) is 3.75. The summed E-state index contributed by atoms with van der Waals surface area (Å²) >= 11 is 0. The van der Waals surface area contributed by atoms with Gasteiger partial charge in [-0.25, -0.2) is 0 Å². The van der Waals surface area contributed by atoms with E-state index in [1.165, 1.54) is 12.8 Å². The molecule has 0 N–H and O–H groups in total. The van der Waals surface area contributed by atoms with Gasteiger partial charge < -0.3 is 0 Å². The van der Waals surface area contributed by atoms with Crippen molar-refractivity contribution in [3.8, 4) is 6.07 Å². The smallest absolute Gasteiger partial charge is 0.149 e. The Morgan fingerprint density at radius 1 is 1.21 bits per heavy atom. The molecule has 0 aromatic heterocycles. The van der Waals surface area contributed by atoms with Crippen molar-refractivity contribution >= 4 is 5.78 Å². The minimum Gasteiger partial charge on any atom is -0.298 e. The lowest BCUT2D eigenvalue weighted by Crippen LogP contribution is -2.11. The Morgan fingerprint density at radius 3 is 2.43 bits per heavy atom. The van der Waals surface area contributed by atoms with Crippen molar-refractivity contribution in [1.29, 1.82) is 5.26 Å². The summed E-state index contributed by atoms with van der Waals surface area (Å²) in [6, 6.07) is 2.09. The van der Waals surface area contributed by atoms with E-state index in [0.717, 1.165) is 25.7 Å². The largest absolute Gasteiger partial charge is 0.298 e. The number of carbonyl (C=O) groups is 1. The fourth-order valence-corrected chi connectivity index (χ4v) is 1.49. The first kappa shape index (κ1) is 13.2. The third-order valence-corrected chi connectivity index (χ3v) is 2.40. The van der Waals surface area contributed by atoms with Crippen LogP contribution in [0.1, 0.15) is 58.8 Å². The summed E-state index contributed by atoms with van der Waals surface area (Å²) in [7, 11) is 0. The molecule has 0 fully saturated rings. The van der Waals surface area contributed by atoms with Gasteiger partial charge in [-0.05, 0) is 12.8 Å². The summed E-state index contributed by atoms with van der Waals surface area (Å²) in [6.07, 6.45) is 6.68. The molecule has 0 aromatic rings. The highest BCUT2D eigenvalue weighted by Crippen LogP contribution is 2.12. The summed E-state index contributed by atoms with van der Waals surface area (Å²) in [5, 5.41) is 8.76. The van der Waals surface area contributed by atoms with Crippen LogP contribution in [-0.4, -0.2) is 5.78 Å². The molecule has 0 aromatic carbocycles. The van der Waals surface area contributed by atoms with Crippen LogP contribution in [-0.2, 0) is 4.79 Å². The predicted molar refractivity (Wildman–Crippen MR) is 57.8 cm³/mol. The van der Waals surface area contributed by atoms with Gasteiger partial charge in [0.15, 0.2) is 0 Å². The topological polar surface area (TPSA) is 40.9 Å². The van der Waals surface area contributed by atoms with Crippen LogP contribution in [0.15, 0.2) is 0 Å². The third kappa shape index (κ3) is 5.75. The number of nitriles is 1. The first-order valence-corrected chi connectivity index (χ1v) is 5.68. The van der Waals surface area contributed by atoms with Gasteiger partial charge in [-0.1, -0.05) is 39.5 Å². The van der Waals surface area contributed by atoms with Crippen LogP contribution in [0.4, 0.5) is 0 Å². The molecule has 0 aliphatic heterocycles. The van der Waals surface area contributed by atoms with E-state index in [1.54, 1.807) is 0 Å². The normalized spacial score (nSPS) is 12.1. The molecule has 1 unspecified atom stereocenters. The van der Waals surface area contributed by atoms with Crippen LogP contribution in [0, 0.1) is 17.2 Å². The number of unbranched alkanes of at least 4 members (excludes halogenated alkanes) is 3. The lowest BCUT2D eigenvalue weighted by Gasteiger charge is -2.05. The van der Waals surface area contributed by atoms with E-state index in [1.807, 2.05) is 6.92 Å². The summed E-state index contributed by atoms with van der Waals surface area (Å²) in [5.74, 6) is -0.202. The molecule has 0 aliphatic rings. The molecule has 0 spiro atoms. The van der Waals surface area contributed by atoms with Gasteiger partial charge in [0.2, 0.25) is 0 Å². The van der Waals surface area contributed by atoms with Gasteiger partial charge in [0.25, 0.3) is 0 Å². The van der Waals surface area contributed by atoms with Crippen LogP contribution < -0.4 is 0 Å². The van der Waals surface area contributed by atoms with Crippen LogP contribution >= 0.6 is 0 Å². The molecule has 0 bridgehead atoms. The molecule has 2 nitrogen and oxygen atoms in total. The maximum Gasteiger partial charge on any atom is 0.149 e. The van der Waals surface area contributed by atoms with Crippen molar-refractivity contribution in [2.45, 2.75) is 58.8 Å². The molecule has 1 atom stereocenters. The lowest BCUT2D eigenvalue weighted by molar-refractivity contribution is -0.121. The molecular weight excluding hydrogens is 174 g/mol. The average molecular weight is 195 g/mol. The van der Waals surface area contributed by atoms with Crippen molar-refractivity contribution < 1.29 is 4.79 Å². The second-order valence-corrected chi connectivity index (χ2v) is 3.75. The Bertz CT molecular complexity index is 193. The molecular formula is C12H21NO. The van der Waals surface area contributed by atoms with Crippen molar-refractivity contribution in [2.75, 3.05) is 0 Å². The summed E-state index contributed by atoms with van der Waals surface area (Å²) in [6.45, 7) is 4.16. The monoisotopic (exact) mass is 195 g/mol. The highest BCUT2D eigenvalue weighted by molar-refractivity contribution is 5.83. The number of hydrogen-bond donors (Lipinski definition) is 0. The van der Waals surface area contributed by atoms with Crippen molar-refractivity contribution in [1.82, 2.24) is 0 Å². The van der Waals surface area contributed by atoms with E-state index in [2.05, 4.69) is 13.0 Å². The SMILES string of the molecule is CCCCCCC(=O)C(C#N)CCC. The van der Waals surface area contributed by atoms with Gasteiger partial charge in [-0.2, -0.15) is 5.26 Å². The van der Waals surface area contributed by atoms with Gasteiger partial charge in [-0.15, -0.1) is 0 Å². The maximum absolute atomic E-state index is 11.5. The molecule has 0 aliphatic carbocycles. The Morgan fingerprint density at radius 2 is 1.93 bits per heavy atom. The summed E-state index contributed by atoms with van der Waals surface area (Å²) < 4.78 is 0. The first-order chi connectivity index (χ1) is 6.76. The second kappa shape index (κ2) is 8.74. The van der Waals surface area contributed by atoms with E-state index in [9.17, 15) is 4.79 Å². The van der Waals surface area contributed by atoms with E-state index >= 15 is 0 Å². The van der Waals surface area contributed by atoms with Gasteiger partial charge in [0, 0.05) is 6.42 Å². The average Bonchev–Trinajstić information content (AvgIpc) is 2.20. The molecule has 80 valence electrons. The zero-order valence-corrected chi connectivity index (χ0v) is 9.38. The Kier molecular flexibility index (Phi) is 8.22. The van der Waals surface area contributed by atoms with Crippen LogP contribution in [0.5, 0.6) is 0 Å². The summed E-state index contributed by atoms with van der Waals surface area (Å²) in [5.41, 5.74) is 0. The first-order valence-electron chi connectivity index (χ1n) is 5.68. The van der Waals surface area contributed by atoms with E-state index in [4.69, 9.17) is 5.26 Å². The summed E-state index contributed by atoms with van der Waals surface area (Å²) in [4.78, 5) is 11.5. The van der Waals surface area contributed by atoms with Gasteiger partial charge >= 0.3 is 0 Å². The highest BCUT2D eigenvalue weighted by atomic mass is 16.1. The Labute approximate surface area is 87.3 Å². The maximum atomic E-state index is 11.5. The molecule has 0 saturated heterocycles. The minimum absolute atomic E-state index is 0.144. The van der Waals surface area contributed by atoms with E-state index < -0.39 is 0 Å². The quantitative estimate of drug-likeness (QED) is 0.556. The minimum atomic E-state index is -0.346. The fraction of sp³-hybridized carbons (Fsp3) is 0.833. The van der Waals surface area contributed by atoms with Gasteiger partial charge in [0.05, 0.1) is 6.07 Å². The highest BCUT2D eigenvalue weighted by Gasteiger charge is 2.15. The molecule has 0 radical (unpaired) electrons. The van der Waals surface area contributed by atoms with Crippen LogP contribution in [0.2, 0.25) is 0 Å². The van der Waals surface area contributed by atoms with Crippen molar-refractivity contribution in [2.24, 2.45) is 5.92 Å². The number of Topliss-reactive ketones (excluding diaryl/α,β-unsaturated/α-hetero) is 1. The number of carbonyl (C=O) groups excluding carboxylic acids is 1. The molecule has 0 saturated carbocycles. The van der Waals surface area contributed by atoms with E-state index in [0.29, 0.717) is 6.42 Å². The third-order valence-electron chi connectivity index (χ3n) is 2.40. The van der Waals surface area contributed by atoms with Gasteiger partial charge in [0.1, 0.15) is 11.7 Å². The number of hydrogen-bond acceptors (Lipinski definition) is 2. The molecule has 14 heavy (non-hydrogen) atoms. The zero-order valence-electron chi connectivity index (χ0n) is 9.38. The Hall–Kier alpha value is -0.840. The molecule has 2 heteroatoms. The molecule has 0 rings (SSSR count). The number of rotatable bonds is 8. The molecule has 0 amide bonds. The lowest BCUT2D eigenvalue weighted by atomic mass is 9.96. The zero-order chi connectivity index (χ0) is 10.8. The van der Waals surface area contributed by atoms with Crippen molar-refractivity contribution in [3.63, 3.8) is 0 Å². The van der Waals surface area contributed by atoms with Crippen LogP contribution in [0.3, 0.4) is 0 Å². The number of ketones is 1. The Balaban J connectivity index is 3.65.